The molecule has 0 unspecified atom stereocenters. The first-order chi connectivity index (χ1) is 12.3. The van der Waals surface area contributed by atoms with Crippen LogP contribution in [0.25, 0.3) is 0 Å². The van der Waals surface area contributed by atoms with E-state index in [0.29, 0.717) is 16.7 Å². The van der Waals surface area contributed by atoms with Crippen molar-refractivity contribution in [1.29, 1.82) is 5.26 Å². The maximum absolute atomic E-state index is 10.4. The van der Waals surface area contributed by atoms with Crippen molar-refractivity contribution in [3.63, 3.8) is 0 Å². The summed E-state index contributed by atoms with van der Waals surface area (Å²) >= 11 is 0. The lowest BCUT2D eigenvalue weighted by molar-refractivity contribution is 0.0212. The predicted molar refractivity (Wildman–Crippen MR) is 106 cm³/mol. The summed E-state index contributed by atoms with van der Waals surface area (Å²) < 4.78 is 0. The van der Waals surface area contributed by atoms with Crippen molar-refractivity contribution in [3.8, 4) is 6.07 Å². The summed E-state index contributed by atoms with van der Waals surface area (Å²) in [5.74, 6) is 4.80. The molecular weight excluding hydrogens is 314 g/mol. The molecule has 0 heterocycles. The molecule has 4 saturated carbocycles. The van der Waals surface area contributed by atoms with Crippen molar-refractivity contribution in [2.45, 2.75) is 86.0 Å². The molecule has 0 aromatic carbocycles. The second-order valence-corrected chi connectivity index (χ2v) is 11.7. The monoisotopic (exact) mass is 351 g/mol. The number of rotatable bonds is 1. The Bertz CT molecular complexity index is 710. The van der Waals surface area contributed by atoms with Gasteiger partial charge in [-0.2, -0.15) is 5.26 Å². The minimum absolute atomic E-state index is 0.253. The molecule has 1 nitrogen and oxygen atoms in total. The fourth-order valence-corrected chi connectivity index (χ4v) is 9.49. The molecule has 0 radical (unpaired) electrons. The van der Waals surface area contributed by atoms with E-state index in [1.165, 1.54) is 56.9 Å². The van der Waals surface area contributed by atoms with Gasteiger partial charge in [0, 0.05) is 11.0 Å². The molecule has 142 valence electrons. The van der Waals surface area contributed by atoms with Crippen molar-refractivity contribution in [2.75, 3.05) is 0 Å². The van der Waals surface area contributed by atoms with Gasteiger partial charge >= 0.3 is 0 Å². The summed E-state index contributed by atoms with van der Waals surface area (Å²) in [7, 11) is 0. The van der Waals surface area contributed by atoms with Gasteiger partial charge in [-0.25, -0.2) is 0 Å². The molecule has 0 aromatic rings. The van der Waals surface area contributed by atoms with E-state index in [2.05, 4.69) is 40.7 Å². The molecule has 0 N–H and O–H groups in total. The van der Waals surface area contributed by atoms with Crippen LogP contribution >= 0.6 is 0 Å². The number of hydrogen-bond donors (Lipinski definition) is 0. The third kappa shape index (κ3) is 1.74. The summed E-state index contributed by atoms with van der Waals surface area (Å²) in [5, 5.41) is 10.4. The van der Waals surface area contributed by atoms with Gasteiger partial charge in [-0.15, -0.1) is 0 Å². The fraction of sp³-hybridized carbons (Fsp3) is 0.880. The zero-order valence-corrected chi connectivity index (χ0v) is 17.6. The van der Waals surface area contributed by atoms with Crippen LogP contribution in [0, 0.1) is 63.1 Å². The Morgan fingerprint density at radius 1 is 1.04 bits per heavy atom. The second-order valence-electron chi connectivity index (χ2n) is 11.7. The van der Waals surface area contributed by atoms with Crippen molar-refractivity contribution < 1.29 is 0 Å². The van der Waals surface area contributed by atoms with E-state index in [9.17, 15) is 5.26 Å². The first kappa shape index (κ1) is 17.3. The maximum atomic E-state index is 10.4. The molecule has 0 aromatic heterocycles. The van der Waals surface area contributed by atoms with E-state index in [1.54, 1.807) is 5.57 Å². The highest BCUT2D eigenvalue weighted by Crippen LogP contribution is 2.79. The standard InChI is InChI=1S/C25H37N/c1-15(2)17-7-9-23(4)13-21-18(12-20(17)23)22(14-26)25-11-6-16(3)19(25)8-10-24(21,25)5/h15-17,19-21H,6-13H2,1-5H3/t16-,17+,19+,20+,21-,23-,24+,25+/m1/s1. The van der Waals surface area contributed by atoms with Crippen LogP contribution in [0.5, 0.6) is 0 Å². The number of nitriles is 1. The van der Waals surface area contributed by atoms with Crippen LogP contribution in [0.4, 0.5) is 0 Å². The summed E-state index contributed by atoms with van der Waals surface area (Å²) in [6, 6.07) is 2.86. The van der Waals surface area contributed by atoms with Gasteiger partial charge in [0.2, 0.25) is 0 Å². The van der Waals surface area contributed by atoms with E-state index in [-0.39, 0.29) is 5.41 Å². The van der Waals surface area contributed by atoms with E-state index in [4.69, 9.17) is 0 Å². The highest BCUT2D eigenvalue weighted by molar-refractivity contribution is 5.49. The molecule has 0 saturated heterocycles. The van der Waals surface area contributed by atoms with Crippen molar-refractivity contribution >= 4 is 0 Å². The van der Waals surface area contributed by atoms with E-state index in [0.717, 1.165) is 29.6 Å². The van der Waals surface area contributed by atoms with Gasteiger partial charge in [-0.1, -0.05) is 40.2 Å². The van der Waals surface area contributed by atoms with Crippen LogP contribution < -0.4 is 0 Å². The summed E-state index contributed by atoms with van der Waals surface area (Å²) in [4.78, 5) is 0. The van der Waals surface area contributed by atoms with E-state index < -0.39 is 0 Å². The largest absolute Gasteiger partial charge is 0.193 e. The van der Waals surface area contributed by atoms with Crippen LogP contribution in [0.1, 0.15) is 86.0 Å². The van der Waals surface area contributed by atoms with Gasteiger partial charge in [0.05, 0.1) is 6.07 Å². The van der Waals surface area contributed by atoms with Crippen molar-refractivity contribution in [1.82, 2.24) is 0 Å². The van der Waals surface area contributed by atoms with Crippen LogP contribution in [0.3, 0.4) is 0 Å². The van der Waals surface area contributed by atoms with Gasteiger partial charge in [-0.3, -0.25) is 0 Å². The van der Waals surface area contributed by atoms with Crippen LogP contribution in [0.15, 0.2) is 11.1 Å². The van der Waals surface area contributed by atoms with E-state index in [1.807, 2.05) is 0 Å². The minimum Gasteiger partial charge on any atom is -0.193 e. The minimum atomic E-state index is 0.253. The molecule has 0 amide bonds. The van der Waals surface area contributed by atoms with Crippen LogP contribution in [-0.4, -0.2) is 0 Å². The Kier molecular flexibility index (Phi) is 3.46. The first-order valence-corrected chi connectivity index (χ1v) is 11.4. The molecule has 4 fully saturated rings. The van der Waals surface area contributed by atoms with Gasteiger partial charge in [-0.05, 0) is 97.7 Å². The molecule has 1 spiro atoms. The molecular formula is C25H37N. The highest BCUT2D eigenvalue weighted by atomic mass is 14.7. The topological polar surface area (TPSA) is 23.8 Å². The molecule has 5 rings (SSSR count). The Hall–Kier alpha value is -0.770. The molecule has 1 heteroatoms. The van der Waals surface area contributed by atoms with E-state index >= 15 is 0 Å². The molecule has 5 aliphatic carbocycles. The maximum Gasteiger partial charge on any atom is 0.0953 e. The SMILES string of the molecule is CC(C)[C@@H]1CC[C@]2(C)C[C@@H]3C(=C(C#N)[C@]45CC[C@@H](C)[C@@H]4CC[C@@]35C)C[C@@H]12. The fourth-order valence-electron chi connectivity index (χ4n) is 9.49. The van der Waals surface area contributed by atoms with Crippen molar-refractivity contribution in [2.24, 2.45) is 51.8 Å². The van der Waals surface area contributed by atoms with Gasteiger partial charge in [0.25, 0.3) is 0 Å². The normalized spacial score (nSPS) is 54.9. The first-order valence-electron chi connectivity index (χ1n) is 11.4. The molecule has 5 aliphatic rings. The average molecular weight is 352 g/mol. The van der Waals surface area contributed by atoms with Crippen LogP contribution in [0.2, 0.25) is 0 Å². The number of fused-ring (bicyclic) bond motifs is 3. The molecule has 26 heavy (non-hydrogen) atoms. The van der Waals surface area contributed by atoms with Crippen molar-refractivity contribution in [3.05, 3.63) is 11.1 Å². The van der Waals surface area contributed by atoms with Crippen LogP contribution in [-0.2, 0) is 0 Å². The zero-order chi connectivity index (χ0) is 18.5. The Balaban J connectivity index is 1.64. The molecule has 0 aliphatic heterocycles. The zero-order valence-electron chi connectivity index (χ0n) is 17.6. The Labute approximate surface area is 160 Å². The lowest BCUT2D eigenvalue weighted by atomic mass is 9.54. The van der Waals surface area contributed by atoms with Gasteiger partial charge < -0.3 is 0 Å². The van der Waals surface area contributed by atoms with Gasteiger partial charge in [0.15, 0.2) is 0 Å². The Morgan fingerprint density at radius 2 is 1.81 bits per heavy atom. The quantitative estimate of drug-likeness (QED) is 0.512. The summed E-state index contributed by atoms with van der Waals surface area (Å²) in [5.41, 5.74) is 4.13. The highest BCUT2D eigenvalue weighted by Gasteiger charge is 2.71. The predicted octanol–water partition coefficient (Wildman–Crippen LogP) is 6.75. The Morgan fingerprint density at radius 3 is 2.50 bits per heavy atom. The molecule has 8 atom stereocenters. The molecule has 0 bridgehead atoms. The summed E-state index contributed by atoms with van der Waals surface area (Å²) in [6.07, 6.45) is 10.9. The lowest BCUT2D eigenvalue weighted by Crippen LogP contribution is -2.43. The number of allylic oxidation sites excluding steroid dienone is 2. The number of hydrogen-bond acceptors (Lipinski definition) is 1. The average Bonchev–Trinajstić information content (AvgIpc) is 3.24. The lowest BCUT2D eigenvalue weighted by Gasteiger charge is -2.49. The second kappa shape index (κ2) is 5.18. The third-order valence-electron chi connectivity index (χ3n) is 10.8. The van der Waals surface area contributed by atoms with Gasteiger partial charge in [0.1, 0.15) is 0 Å². The smallest absolute Gasteiger partial charge is 0.0953 e. The third-order valence-corrected chi connectivity index (χ3v) is 10.8. The summed E-state index contributed by atoms with van der Waals surface area (Å²) in [6.45, 7) is 12.6. The number of nitrogens with zero attached hydrogens (tertiary/aromatic N) is 1.